The summed E-state index contributed by atoms with van der Waals surface area (Å²) in [5.41, 5.74) is 1.38. The van der Waals surface area contributed by atoms with Crippen LogP contribution in [-0.4, -0.2) is 12.6 Å². The molecule has 1 unspecified atom stereocenters. The zero-order valence-corrected chi connectivity index (χ0v) is 20.3. The predicted molar refractivity (Wildman–Crippen MR) is 133 cm³/mol. The van der Waals surface area contributed by atoms with Gasteiger partial charge in [0.05, 0.1) is 6.61 Å². The molecule has 0 aromatic rings. The van der Waals surface area contributed by atoms with Crippen LogP contribution in [0.4, 0.5) is 0 Å². The van der Waals surface area contributed by atoms with Crippen molar-refractivity contribution in [3.05, 3.63) is 48.1 Å². The first-order chi connectivity index (χ1) is 14.6. The van der Waals surface area contributed by atoms with Gasteiger partial charge in [-0.2, -0.15) is 0 Å². The van der Waals surface area contributed by atoms with Gasteiger partial charge in [-0.25, -0.2) is 0 Å². The Labute approximate surface area is 187 Å². The Bertz CT molecular complexity index is 507. The van der Waals surface area contributed by atoms with Gasteiger partial charge in [-0.05, 0) is 77.6 Å². The van der Waals surface area contributed by atoms with E-state index in [2.05, 4.69) is 70.2 Å². The van der Waals surface area contributed by atoms with Gasteiger partial charge in [0.1, 0.15) is 0 Å². The highest BCUT2D eigenvalue weighted by Gasteiger charge is 2.05. The summed E-state index contributed by atoms with van der Waals surface area (Å²) in [4.78, 5) is 11.8. The molecule has 30 heavy (non-hydrogen) atoms. The molecule has 0 fully saturated rings. The molecule has 0 radical (unpaired) electrons. The molecule has 0 aliphatic rings. The van der Waals surface area contributed by atoms with E-state index in [1.54, 1.807) is 0 Å². The molecule has 0 rings (SSSR count). The molecule has 0 saturated carbocycles. The van der Waals surface area contributed by atoms with Crippen LogP contribution in [0.25, 0.3) is 0 Å². The maximum absolute atomic E-state index is 11.8. The standard InChI is InChI=1S/C28H48O2/c1-5-6-7-8-9-10-11-12-13-14-15-16-17-18-19-23-28(29)30-25-24-27(4)22-20-21-26(2)3/h6-7,9-10,12-13,21,27H,5,8,11,14-20,22-25H2,1-4H3/b7-6-,10-9-,13-12-. The van der Waals surface area contributed by atoms with Gasteiger partial charge >= 0.3 is 5.97 Å². The third-order valence-corrected chi connectivity index (χ3v) is 5.12. The number of carbonyl (C=O) groups is 1. The molecule has 0 aliphatic heterocycles. The Morgan fingerprint density at radius 2 is 1.43 bits per heavy atom. The van der Waals surface area contributed by atoms with Crippen molar-refractivity contribution in [2.75, 3.05) is 6.61 Å². The minimum Gasteiger partial charge on any atom is -0.466 e. The second kappa shape index (κ2) is 22.1. The van der Waals surface area contributed by atoms with E-state index < -0.39 is 0 Å². The van der Waals surface area contributed by atoms with Crippen molar-refractivity contribution in [1.82, 2.24) is 0 Å². The van der Waals surface area contributed by atoms with Crippen LogP contribution in [0.3, 0.4) is 0 Å². The number of hydrogen-bond donors (Lipinski definition) is 0. The number of allylic oxidation sites excluding steroid dienone is 8. The van der Waals surface area contributed by atoms with Crippen molar-refractivity contribution in [3.63, 3.8) is 0 Å². The van der Waals surface area contributed by atoms with Gasteiger partial charge < -0.3 is 4.74 Å². The van der Waals surface area contributed by atoms with Crippen LogP contribution in [0.2, 0.25) is 0 Å². The highest BCUT2D eigenvalue weighted by molar-refractivity contribution is 5.69. The van der Waals surface area contributed by atoms with E-state index in [1.165, 1.54) is 31.3 Å². The number of rotatable bonds is 19. The van der Waals surface area contributed by atoms with Gasteiger partial charge in [-0.15, -0.1) is 0 Å². The monoisotopic (exact) mass is 416 g/mol. The molecule has 0 aromatic carbocycles. The number of hydrogen-bond acceptors (Lipinski definition) is 2. The van der Waals surface area contributed by atoms with Crippen LogP contribution < -0.4 is 0 Å². The van der Waals surface area contributed by atoms with E-state index in [0.717, 1.165) is 51.4 Å². The first-order valence-corrected chi connectivity index (χ1v) is 12.3. The molecule has 2 heteroatoms. The number of esters is 1. The van der Waals surface area contributed by atoms with Crippen LogP contribution in [0.5, 0.6) is 0 Å². The normalized spacial score (nSPS) is 12.8. The van der Waals surface area contributed by atoms with Gasteiger partial charge in [-0.3, -0.25) is 4.79 Å². The lowest BCUT2D eigenvalue weighted by Crippen LogP contribution is -2.08. The van der Waals surface area contributed by atoms with Crippen LogP contribution >= 0.6 is 0 Å². The highest BCUT2D eigenvalue weighted by Crippen LogP contribution is 2.13. The highest BCUT2D eigenvalue weighted by atomic mass is 16.5. The summed E-state index contributed by atoms with van der Waals surface area (Å²) in [5, 5.41) is 0. The summed E-state index contributed by atoms with van der Waals surface area (Å²) < 4.78 is 5.39. The minimum atomic E-state index is -0.0207. The van der Waals surface area contributed by atoms with Gasteiger partial charge in [0.2, 0.25) is 0 Å². The van der Waals surface area contributed by atoms with Crippen molar-refractivity contribution in [1.29, 1.82) is 0 Å². The third kappa shape index (κ3) is 22.7. The van der Waals surface area contributed by atoms with Crippen molar-refractivity contribution in [3.8, 4) is 0 Å². The Morgan fingerprint density at radius 3 is 2.13 bits per heavy atom. The molecule has 0 spiro atoms. The topological polar surface area (TPSA) is 26.3 Å². The lowest BCUT2D eigenvalue weighted by atomic mass is 10.0. The molecule has 172 valence electrons. The molecule has 0 saturated heterocycles. The van der Waals surface area contributed by atoms with Crippen molar-refractivity contribution < 1.29 is 9.53 Å². The molecular weight excluding hydrogens is 368 g/mol. The maximum Gasteiger partial charge on any atom is 0.305 e. The minimum absolute atomic E-state index is 0.0207. The molecule has 1 atom stereocenters. The maximum atomic E-state index is 11.8. The Kier molecular flexibility index (Phi) is 21.0. The van der Waals surface area contributed by atoms with Crippen LogP contribution in [-0.2, 0) is 9.53 Å². The van der Waals surface area contributed by atoms with E-state index in [4.69, 9.17) is 4.74 Å². The summed E-state index contributed by atoms with van der Waals surface area (Å²) in [7, 11) is 0. The van der Waals surface area contributed by atoms with E-state index in [-0.39, 0.29) is 5.97 Å². The average molecular weight is 417 g/mol. The summed E-state index contributed by atoms with van der Waals surface area (Å²) in [6.45, 7) is 9.25. The quantitative estimate of drug-likeness (QED) is 0.119. The molecule has 0 amide bonds. The van der Waals surface area contributed by atoms with Gasteiger partial charge in [0, 0.05) is 6.42 Å². The third-order valence-electron chi connectivity index (χ3n) is 5.12. The molecule has 2 nitrogen and oxygen atoms in total. The van der Waals surface area contributed by atoms with Crippen molar-refractivity contribution >= 4 is 5.97 Å². The second-order valence-corrected chi connectivity index (χ2v) is 8.57. The summed E-state index contributed by atoms with van der Waals surface area (Å²) >= 11 is 0. The first kappa shape index (κ1) is 28.4. The number of carbonyl (C=O) groups excluding carboxylic acids is 1. The van der Waals surface area contributed by atoms with Crippen LogP contribution in [0.1, 0.15) is 111 Å². The number of ether oxygens (including phenoxy) is 1. The van der Waals surface area contributed by atoms with E-state index >= 15 is 0 Å². The fourth-order valence-electron chi connectivity index (χ4n) is 3.14. The zero-order chi connectivity index (χ0) is 22.3. The van der Waals surface area contributed by atoms with E-state index in [0.29, 0.717) is 18.9 Å². The predicted octanol–water partition coefficient (Wildman–Crippen LogP) is 8.89. The van der Waals surface area contributed by atoms with Gasteiger partial charge in [0.15, 0.2) is 0 Å². The van der Waals surface area contributed by atoms with Crippen LogP contribution in [0.15, 0.2) is 48.1 Å². The first-order valence-electron chi connectivity index (χ1n) is 12.3. The summed E-state index contributed by atoms with van der Waals surface area (Å²) in [6.07, 6.45) is 29.7. The molecular formula is C28H48O2. The molecule has 0 bridgehead atoms. The fourth-order valence-corrected chi connectivity index (χ4v) is 3.14. The molecule has 0 aliphatic carbocycles. The lowest BCUT2D eigenvalue weighted by Gasteiger charge is -2.10. The summed E-state index contributed by atoms with van der Waals surface area (Å²) in [6, 6.07) is 0. The van der Waals surface area contributed by atoms with Gasteiger partial charge in [-0.1, -0.05) is 81.2 Å². The second-order valence-electron chi connectivity index (χ2n) is 8.57. The fraction of sp³-hybridized carbons (Fsp3) is 0.679. The SMILES string of the molecule is CC/C=C\C/C=C\C/C=C\CCCCCCCC(=O)OCCC(C)CCC=C(C)C. The molecule has 0 N–H and O–H groups in total. The summed E-state index contributed by atoms with van der Waals surface area (Å²) in [5.74, 6) is 0.592. The van der Waals surface area contributed by atoms with Gasteiger partial charge in [0.25, 0.3) is 0 Å². The Hall–Kier alpha value is -1.57. The zero-order valence-electron chi connectivity index (χ0n) is 20.3. The largest absolute Gasteiger partial charge is 0.466 e. The smallest absolute Gasteiger partial charge is 0.305 e. The lowest BCUT2D eigenvalue weighted by molar-refractivity contribution is -0.144. The van der Waals surface area contributed by atoms with Crippen molar-refractivity contribution in [2.45, 2.75) is 111 Å². The number of unbranched alkanes of at least 4 members (excludes halogenated alkanes) is 5. The van der Waals surface area contributed by atoms with E-state index in [9.17, 15) is 4.79 Å². The molecule has 0 heterocycles. The van der Waals surface area contributed by atoms with Crippen LogP contribution in [0, 0.1) is 5.92 Å². The Balaban J connectivity index is 3.43. The van der Waals surface area contributed by atoms with Crippen molar-refractivity contribution in [2.24, 2.45) is 5.92 Å². The van der Waals surface area contributed by atoms with E-state index in [1.807, 2.05) is 0 Å². The average Bonchev–Trinajstić information content (AvgIpc) is 2.70. The Morgan fingerprint density at radius 1 is 0.800 bits per heavy atom. The molecule has 0 aromatic heterocycles.